The number of rotatable bonds is 3. The van der Waals surface area contributed by atoms with Crippen molar-refractivity contribution in [3.63, 3.8) is 0 Å². The van der Waals surface area contributed by atoms with E-state index in [1.807, 2.05) is 0 Å². The number of halogens is 1. The number of hydrogen-bond acceptors (Lipinski definition) is 3. The minimum absolute atomic E-state index is 0.0450. The third kappa shape index (κ3) is 2.23. The number of imide groups is 1. The summed E-state index contributed by atoms with van der Waals surface area (Å²) in [6, 6.07) is -0.705. The van der Waals surface area contributed by atoms with Crippen molar-refractivity contribution in [1.82, 2.24) is 10.2 Å². The highest BCUT2D eigenvalue weighted by Crippen LogP contribution is 2.10. The molecule has 0 spiro atoms. The number of carbonyl (C=O) groups is 3. The normalized spacial score (nSPS) is 21.6. The lowest BCUT2D eigenvalue weighted by atomic mass is 10.2. The van der Waals surface area contributed by atoms with Gasteiger partial charge in [0.25, 0.3) is 5.91 Å². The Morgan fingerprint density at radius 2 is 2.29 bits per heavy atom. The molecule has 0 bridgehead atoms. The Morgan fingerprint density at radius 1 is 1.64 bits per heavy atom. The van der Waals surface area contributed by atoms with Gasteiger partial charge in [0.15, 0.2) is 0 Å². The Bertz CT molecular complexity index is 280. The lowest BCUT2D eigenvalue weighted by Crippen LogP contribution is -2.40. The molecule has 0 aromatic heterocycles. The minimum Gasteiger partial charge on any atom is -0.344 e. The third-order valence-electron chi connectivity index (χ3n) is 2.04. The number of hydrogen-bond donors (Lipinski definition) is 1. The van der Waals surface area contributed by atoms with Crippen molar-refractivity contribution in [2.24, 2.45) is 0 Å². The largest absolute Gasteiger partial charge is 0.344 e. The van der Waals surface area contributed by atoms with Crippen LogP contribution >= 0.6 is 11.6 Å². The van der Waals surface area contributed by atoms with E-state index in [1.54, 1.807) is 0 Å². The number of likely N-dealkylation sites (N-methyl/N-ethyl adjacent to an activating group) is 1. The zero-order valence-corrected chi connectivity index (χ0v) is 8.50. The van der Waals surface area contributed by atoms with Gasteiger partial charge in [0.2, 0.25) is 11.8 Å². The number of amides is 3. The van der Waals surface area contributed by atoms with Crippen molar-refractivity contribution < 1.29 is 14.4 Å². The van der Waals surface area contributed by atoms with Gasteiger partial charge in [0.05, 0.1) is 6.42 Å². The molecule has 5 nitrogen and oxygen atoms in total. The second-order valence-electron chi connectivity index (χ2n) is 3.05. The molecule has 1 aliphatic rings. The summed E-state index contributed by atoms with van der Waals surface area (Å²) < 4.78 is 0. The van der Waals surface area contributed by atoms with Gasteiger partial charge in [-0.25, -0.2) is 0 Å². The van der Waals surface area contributed by atoms with Crippen LogP contribution in [-0.4, -0.2) is 41.6 Å². The van der Waals surface area contributed by atoms with Crippen molar-refractivity contribution in [3.8, 4) is 0 Å². The number of likely N-dealkylation sites (tertiary alicyclic amines) is 1. The van der Waals surface area contributed by atoms with E-state index in [0.717, 1.165) is 4.90 Å². The van der Waals surface area contributed by atoms with E-state index >= 15 is 0 Å². The molecule has 1 unspecified atom stereocenters. The molecule has 0 saturated carbocycles. The van der Waals surface area contributed by atoms with Crippen LogP contribution in [0.5, 0.6) is 0 Å². The summed E-state index contributed by atoms with van der Waals surface area (Å²) in [5, 5.41) is 2.45. The zero-order chi connectivity index (χ0) is 10.7. The fourth-order valence-electron chi connectivity index (χ4n) is 1.22. The predicted molar refractivity (Wildman–Crippen MR) is 49.7 cm³/mol. The first-order valence-electron chi connectivity index (χ1n) is 4.22. The molecular formula is C8H11ClN2O3. The van der Waals surface area contributed by atoms with Gasteiger partial charge >= 0.3 is 0 Å². The topological polar surface area (TPSA) is 66.5 Å². The van der Waals surface area contributed by atoms with Crippen LogP contribution in [0.2, 0.25) is 0 Å². The number of nitrogens with one attached hydrogen (secondary N) is 1. The molecule has 0 aromatic carbocycles. The van der Waals surface area contributed by atoms with Crippen molar-refractivity contribution >= 4 is 29.3 Å². The Hall–Kier alpha value is -1.10. The fourth-order valence-corrected chi connectivity index (χ4v) is 1.39. The Morgan fingerprint density at radius 3 is 2.71 bits per heavy atom. The lowest BCUT2D eigenvalue weighted by molar-refractivity contribution is -0.138. The first kappa shape index (κ1) is 11.0. The van der Waals surface area contributed by atoms with E-state index in [-0.39, 0.29) is 36.4 Å². The summed E-state index contributed by atoms with van der Waals surface area (Å²) in [5.41, 5.74) is 0. The summed E-state index contributed by atoms with van der Waals surface area (Å²) in [5.74, 6) is -0.734. The number of nitrogens with zero attached hydrogens (tertiary/aromatic N) is 1. The van der Waals surface area contributed by atoms with Gasteiger partial charge in [-0.15, -0.1) is 11.6 Å². The highest BCUT2D eigenvalue weighted by molar-refractivity contribution is 6.19. The summed E-state index contributed by atoms with van der Waals surface area (Å²) in [6.07, 6.45) is 0.201. The van der Waals surface area contributed by atoms with Crippen molar-refractivity contribution in [2.45, 2.75) is 18.9 Å². The van der Waals surface area contributed by atoms with Crippen LogP contribution < -0.4 is 5.32 Å². The van der Waals surface area contributed by atoms with E-state index in [2.05, 4.69) is 5.32 Å². The molecular weight excluding hydrogens is 208 g/mol. The van der Waals surface area contributed by atoms with Crippen LogP contribution in [0.25, 0.3) is 0 Å². The van der Waals surface area contributed by atoms with Crippen LogP contribution in [0, 0.1) is 0 Å². The average molecular weight is 219 g/mol. The maximum absolute atomic E-state index is 11.3. The van der Waals surface area contributed by atoms with E-state index in [4.69, 9.17) is 11.6 Å². The van der Waals surface area contributed by atoms with E-state index in [0.29, 0.717) is 0 Å². The average Bonchev–Trinajstić information content (AvgIpc) is 2.34. The number of alkyl halides is 1. The van der Waals surface area contributed by atoms with Crippen LogP contribution in [0.15, 0.2) is 0 Å². The predicted octanol–water partition coefficient (Wildman–Crippen LogP) is -0.511. The fraction of sp³-hybridized carbons (Fsp3) is 0.625. The highest BCUT2D eigenvalue weighted by Gasteiger charge is 2.36. The van der Waals surface area contributed by atoms with Crippen LogP contribution in [0.3, 0.4) is 0 Å². The molecule has 6 heteroatoms. The minimum atomic E-state index is -0.705. The van der Waals surface area contributed by atoms with Gasteiger partial charge < -0.3 is 5.32 Å². The molecule has 14 heavy (non-hydrogen) atoms. The molecule has 0 radical (unpaired) electrons. The molecule has 1 heterocycles. The van der Waals surface area contributed by atoms with E-state index in [1.165, 1.54) is 7.05 Å². The third-order valence-corrected chi connectivity index (χ3v) is 2.23. The molecule has 1 N–H and O–H groups in total. The molecule has 1 saturated heterocycles. The molecule has 1 rings (SSSR count). The molecule has 1 atom stereocenters. The summed E-state index contributed by atoms with van der Waals surface area (Å²) in [6.45, 7) is 0. The highest BCUT2D eigenvalue weighted by atomic mass is 35.5. The van der Waals surface area contributed by atoms with E-state index < -0.39 is 6.04 Å². The van der Waals surface area contributed by atoms with Crippen LogP contribution in [-0.2, 0) is 14.4 Å². The van der Waals surface area contributed by atoms with Crippen LogP contribution in [0.4, 0.5) is 0 Å². The number of carbonyl (C=O) groups excluding carboxylic acids is 3. The SMILES string of the molecule is CN1C(=O)CC(NC(=O)CCCl)C1=O. The summed E-state index contributed by atoms with van der Waals surface area (Å²) in [4.78, 5) is 34.5. The molecule has 78 valence electrons. The van der Waals surface area contributed by atoms with Gasteiger partial charge in [-0.1, -0.05) is 0 Å². The Balaban J connectivity index is 2.51. The smallest absolute Gasteiger partial charge is 0.252 e. The first-order chi connectivity index (χ1) is 6.56. The van der Waals surface area contributed by atoms with Gasteiger partial charge in [0.1, 0.15) is 6.04 Å². The van der Waals surface area contributed by atoms with Crippen molar-refractivity contribution in [3.05, 3.63) is 0 Å². The first-order valence-corrected chi connectivity index (χ1v) is 4.75. The Kier molecular flexibility index (Phi) is 3.46. The quantitative estimate of drug-likeness (QED) is 0.513. The standard InChI is InChI=1S/C8H11ClN2O3/c1-11-7(13)4-5(8(11)14)10-6(12)2-3-9/h5H,2-4H2,1H3,(H,10,12). The maximum atomic E-state index is 11.3. The maximum Gasteiger partial charge on any atom is 0.252 e. The van der Waals surface area contributed by atoms with Gasteiger partial charge in [-0.3, -0.25) is 19.3 Å². The monoisotopic (exact) mass is 218 g/mol. The summed E-state index contributed by atoms with van der Waals surface area (Å²) >= 11 is 5.35. The van der Waals surface area contributed by atoms with Gasteiger partial charge in [-0.05, 0) is 0 Å². The van der Waals surface area contributed by atoms with Gasteiger partial charge in [-0.2, -0.15) is 0 Å². The molecule has 3 amide bonds. The van der Waals surface area contributed by atoms with Gasteiger partial charge in [0, 0.05) is 19.3 Å². The van der Waals surface area contributed by atoms with Crippen LogP contribution in [0.1, 0.15) is 12.8 Å². The summed E-state index contributed by atoms with van der Waals surface area (Å²) in [7, 11) is 1.40. The second-order valence-corrected chi connectivity index (χ2v) is 3.43. The lowest BCUT2D eigenvalue weighted by Gasteiger charge is -2.09. The molecule has 0 aromatic rings. The molecule has 1 aliphatic heterocycles. The molecule has 1 fully saturated rings. The van der Waals surface area contributed by atoms with Crippen molar-refractivity contribution in [1.29, 1.82) is 0 Å². The molecule has 0 aliphatic carbocycles. The second kappa shape index (κ2) is 4.41. The van der Waals surface area contributed by atoms with E-state index in [9.17, 15) is 14.4 Å². The Labute approximate surface area is 86.4 Å². The zero-order valence-electron chi connectivity index (χ0n) is 7.75. The van der Waals surface area contributed by atoms with Crippen molar-refractivity contribution in [2.75, 3.05) is 12.9 Å².